The molecular weight excluding hydrogens is 280 g/mol. The van der Waals surface area contributed by atoms with Gasteiger partial charge in [-0.15, -0.1) is 0 Å². The van der Waals surface area contributed by atoms with Crippen molar-refractivity contribution in [3.8, 4) is 0 Å². The lowest BCUT2D eigenvalue weighted by molar-refractivity contribution is -0.0893. The van der Waals surface area contributed by atoms with E-state index in [4.69, 9.17) is 9.84 Å². The Morgan fingerprint density at radius 1 is 1.48 bits per heavy atom. The molecule has 0 aromatic carbocycles. The highest BCUT2D eigenvalue weighted by atomic mass is 16.6. The van der Waals surface area contributed by atoms with E-state index in [1.807, 2.05) is 0 Å². The molecule has 2 aromatic heterocycles. The van der Waals surface area contributed by atoms with Gasteiger partial charge in [0.1, 0.15) is 23.9 Å². The van der Waals surface area contributed by atoms with Gasteiger partial charge < -0.3 is 29.6 Å². The van der Waals surface area contributed by atoms with E-state index in [1.54, 1.807) is 11.5 Å². The van der Waals surface area contributed by atoms with Crippen molar-refractivity contribution in [2.75, 3.05) is 6.61 Å². The highest BCUT2D eigenvalue weighted by Gasteiger charge is 2.51. The van der Waals surface area contributed by atoms with Gasteiger partial charge in [0.05, 0.1) is 25.8 Å². The van der Waals surface area contributed by atoms with E-state index >= 15 is 0 Å². The Labute approximate surface area is 118 Å². The molecular formula is C12H16N4O5. The van der Waals surface area contributed by atoms with Gasteiger partial charge in [0.25, 0.3) is 5.56 Å². The van der Waals surface area contributed by atoms with E-state index in [9.17, 15) is 15.0 Å². The molecule has 3 rings (SSSR count). The van der Waals surface area contributed by atoms with E-state index in [1.165, 1.54) is 12.7 Å². The molecule has 21 heavy (non-hydrogen) atoms. The van der Waals surface area contributed by atoms with Crippen LogP contribution in [0.15, 0.2) is 17.4 Å². The summed E-state index contributed by atoms with van der Waals surface area (Å²) in [6.07, 6.45) is -0.508. The fourth-order valence-corrected chi connectivity index (χ4v) is 2.67. The molecule has 9 nitrogen and oxygen atoms in total. The molecule has 2 aromatic rings. The maximum absolute atomic E-state index is 11.6. The Balaban J connectivity index is 1.95. The molecule has 1 saturated heterocycles. The van der Waals surface area contributed by atoms with Crippen LogP contribution in [0.3, 0.4) is 0 Å². The first-order valence-corrected chi connectivity index (χ1v) is 6.49. The zero-order valence-corrected chi connectivity index (χ0v) is 11.3. The number of ether oxygens (including phenoxy) is 1. The van der Waals surface area contributed by atoms with Crippen LogP contribution >= 0.6 is 0 Å². The maximum Gasteiger partial charge on any atom is 0.278 e. The molecule has 0 saturated carbocycles. The minimum Gasteiger partial charge on any atom is -0.394 e. The molecule has 0 radical (unpaired) electrons. The maximum atomic E-state index is 11.6. The summed E-state index contributed by atoms with van der Waals surface area (Å²) < 4.78 is 7.13. The molecule has 4 atom stereocenters. The van der Waals surface area contributed by atoms with Crippen LogP contribution in [0.4, 0.5) is 0 Å². The minimum absolute atomic E-state index is 0.134. The number of hydrogen-bond donors (Lipinski definition) is 4. The first kappa shape index (κ1) is 14.1. The molecule has 1 aliphatic rings. The van der Waals surface area contributed by atoms with Crippen LogP contribution in [-0.2, 0) is 11.3 Å². The van der Waals surface area contributed by atoms with Crippen molar-refractivity contribution in [3.05, 3.63) is 23.0 Å². The quantitative estimate of drug-likeness (QED) is 0.514. The second-order valence-corrected chi connectivity index (χ2v) is 5.36. The molecule has 1 unspecified atom stereocenters. The van der Waals surface area contributed by atoms with Crippen LogP contribution in [0.2, 0.25) is 0 Å². The Hall–Kier alpha value is -1.81. The van der Waals surface area contributed by atoms with Crippen LogP contribution in [0.1, 0.15) is 6.92 Å². The summed E-state index contributed by atoms with van der Waals surface area (Å²) in [5.74, 6) is 0. The van der Waals surface area contributed by atoms with Crippen molar-refractivity contribution in [1.82, 2.24) is 19.5 Å². The van der Waals surface area contributed by atoms with Crippen LogP contribution < -0.4 is 5.56 Å². The lowest BCUT2D eigenvalue weighted by atomic mass is 9.96. The molecule has 0 spiro atoms. The summed E-state index contributed by atoms with van der Waals surface area (Å²) in [6, 6.07) is 0. The summed E-state index contributed by atoms with van der Waals surface area (Å²) >= 11 is 0. The molecule has 1 fully saturated rings. The molecule has 0 amide bonds. The average molecular weight is 296 g/mol. The van der Waals surface area contributed by atoms with Gasteiger partial charge in [0, 0.05) is 0 Å². The number of aromatic amines is 1. The number of nitrogens with zero attached hydrogens (tertiary/aromatic N) is 3. The number of rotatable bonds is 3. The predicted molar refractivity (Wildman–Crippen MR) is 70.5 cm³/mol. The number of aliphatic hydroxyl groups is 3. The number of aromatic nitrogens is 4. The normalized spacial score (nSPS) is 32.9. The van der Waals surface area contributed by atoms with E-state index in [-0.39, 0.29) is 17.6 Å². The molecule has 1 aliphatic heterocycles. The number of fused-ring (bicyclic) bond motifs is 1. The van der Waals surface area contributed by atoms with Crippen LogP contribution in [0.5, 0.6) is 0 Å². The Kier molecular flexibility index (Phi) is 3.29. The largest absolute Gasteiger partial charge is 0.394 e. The Morgan fingerprint density at radius 3 is 2.90 bits per heavy atom. The second-order valence-electron chi connectivity index (χ2n) is 5.36. The first-order chi connectivity index (χ1) is 9.96. The van der Waals surface area contributed by atoms with Gasteiger partial charge in [-0.2, -0.15) is 0 Å². The van der Waals surface area contributed by atoms with Gasteiger partial charge in [-0.05, 0) is 6.92 Å². The predicted octanol–water partition coefficient (Wildman–Crippen LogP) is -2.01. The van der Waals surface area contributed by atoms with Gasteiger partial charge in [-0.25, -0.2) is 9.97 Å². The third-order valence-electron chi connectivity index (χ3n) is 3.82. The lowest BCUT2D eigenvalue weighted by Gasteiger charge is -2.28. The third-order valence-corrected chi connectivity index (χ3v) is 3.82. The van der Waals surface area contributed by atoms with Crippen molar-refractivity contribution < 1.29 is 20.1 Å². The fraction of sp³-hybridized carbons (Fsp3) is 0.583. The average Bonchev–Trinajstić information content (AvgIpc) is 2.96. The van der Waals surface area contributed by atoms with E-state index in [0.717, 1.165) is 0 Å². The van der Waals surface area contributed by atoms with E-state index < -0.39 is 30.5 Å². The molecule has 0 aliphatic carbocycles. The van der Waals surface area contributed by atoms with Crippen LogP contribution in [0.25, 0.3) is 11.2 Å². The Morgan fingerprint density at radius 2 is 2.24 bits per heavy atom. The number of H-pyrrole nitrogens is 1. The van der Waals surface area contributed by atoms with Crippen molar-refractivity contribution in [3.63, 3.8) is 0 Å². The topological polar surface area (TPSA) is 133 Å². The van der Waals surface area contributed by atoms with E-state index in [2.05, 4.69) is 15.0 Å². The molecule has 3 heterocycles. The van der Waals surface area contributed by atoms with Crippen molar-refractivity contribution in [2.45, 2.75) is 37.4 Å². The van der Waals surface area contributed by atoms with Gasteiger partial charge in [0.15, 0.2) is 11.2 Å². The van der Waals surface area contributed by atoms with Gasteiger partial charge in [-0.3, -0.25) is 4.79 Å². The van der Waals surface area contributed by atoms with Crippen molar-refractivity contribution in [1.29, 1.82) is 0 Å². The number of hydrogen-bond acceptors (Lipinski definition) is 7. The third kappa shape index (κ3) is 2.14. The van der Waals surface area contributed by atoms with Gasteiger partial charge in [0.2, 0.25) is 0 Å². The second kappa shape index (κ2) is 4.88. The summed E-state index contributed by atoms with van der Waals surface area (Å²) in [5.41, 5.74) is -0.930. The molecule has 0 bridgehead atoms. The SMILES string of the molecule is C[C@@]1(Cn2cnc3c(=O)[nH]cnc32)O[C@H](CO)C(O)[C@@H]1O. The minimum atomic E-state index is -1.17. The summed E-state index contributed by atoms with van der Waals surface area (Å²) in [5, 5.41) is 29.1. The fourth-order valence-electron chi connectivity index (χ4n) is 2.67. The highest BCUT2D eigenvalue weighted by molar-refractivity contribution is 5.68. The van der Waals surface area contributed by atoms with Crippen molar-refractivity contribution in [2.24, 2.45) is 0 Å². The smallest absolute Gasteiger partial charge is 0.278 e. The zero-order chi connectivity index (χ0) is 15.2. The molecule has 9 heteroatoms. The standard InChI is InChI=1S/C12H16N4O5/c1-12(9(19)8(18)6(2-17)21-12)3-16-5-15-7-10(16)13-4-14-11(7)20/h4-6,8-9,17-19H,2-3H2,1H3,(H,13,14,20)/t6-,8?,9+,12+/m1/s1. The van der Waals surface area contributed by atoms with Gasteiger partial charge >= 0.3 is 0 Å². The van der Waals surface area contributed by atoms with Crippen molar-refractivity contribution >= 4 is 11.2 Å². The summed E-state index contributed by atoms with van der Waals surface area (Å²) in [7, 11) is 0. The molecule has 4 N–H and O–H groups in total. The lowest BCUT2D eigenvalue weighted by Crippen LogP contribution is -2.43. The first-order valence-electron chi connectivity index (χ1n) is 6.49. The zero-order valence-electron chi connectivity index (χ0n) is 11.3. The highest BCUT2D eigenvalue weighted by Crippen LogP contribution is 2.32. The number of nitrogens with one attached hydrogen (secondary N) is 1. The monoisotopic (exact) mass is 296 g/mol. The van der Waals surface area contributed by atoms with Crippen LogP contribution in [0, 0.1) is 0 Å². The van der Waals surface area contributed by atoms with Crippen LogP contribution in [-0.4, -0.2) is 65.4 Å². The molecule has 114 valence electrons. The Bertz CT molecular complexity index is 713. The number of imidazole rings is 1. The summed E-state index contributed by atoms with van der Waals surface area (Å²) in [6.45, 7) is 1.36. The van der Waals surface area contributed by atoms with Gasteiger partial charge in [-0.1, -0.05) is 0 Å². The van der Waals surface area contributed by atoms with E-state index in [0.29, 0.717) is 5.65 Å². The summed E-state index contributed by atoms with van der Waals surface area (Å²) in [4.78, 5) is 22.1. The number of aliphatic hydroxyl groups excluding tert-OH is 3.